The van der Waals surface area contributed by atoms with Crippen LogP contribution < -0.4 is 5.32 Å². The standard InChI is InChI=1S/C13H16N2O5/c1-7(2)11(13(17)18)14-12(16)10-8(3)5-4-6-9(10)15(19)20/h4-7,11H,1-3H3,(H,14,16)(H,17,18). The Labute approximate surface area is 115 Å². The van der Waals surface area contributed by atoms with E-state index < -0.39 is 22.8 Å². The Hall–Kier alpha value is -2.44. The molecule has 0 saturated carbocycles. The Morgan fingerprint density at radius 1 is 1.35 bits per heavy atom. The molecule has 2 N–H and O–H groups in total. The van der Waals surface area contributed by atoms with Gasteiger partial charge in [0.05, 0.1) is 4.92 Å². The third-order valence-electron chi connectivity index (χ3n) is 2.89. The second kappa shape index (κ2) is 6.14. The molecule has 108 valence electrons. The van der Waals surface area contributed by atoms with E-state index in [-0.39, 0.29) is 17.2 Å². The highest BCUT2D eigenvalue weighted by atomic mass is 16.6. The van der Waals surface area contributed by atoms with E-state index in [0.717, 1.165) is 0 Å². The van der Waals surface area contributed by atoms with Crippen LogP contribution in [0.5, 0.6) is 0 Å². The first kappa shape index (κ1) is 15.6. The zero-order chi connectivity index (χ0) is 15.4. The van der Waals surface area contributed by atoms with E-state index >= 15 is 0 Å². The second-order valence-electron chi connectivity index (χ2n) is 4.76. The maximum Gasteiger partial charge on any atom is 0.326 e. The fourth-order valence-electron chi connectivity index (χ4n) is 1.83. The topological polar surface area (TPSA) is 110 Å². The van der Waals surface area contributed by atoms with Crippen LogP contribution in [-0.2, 0) is 4.79 Å². The molecule has 0 saturated heterocycles. The van der Waals surface area contributed by atoms with Crippen LogP contribution in [0.1, 0.15) is 29.8 Å². The molecule has 20 heavy (non-hydrogen) atoms. The number of benzene rings is 1. The maximum atomic E-state index is 12.1. The van der Waals surface area contributed by atoms with Gasteiger partial charge in [0.2, 0.25) is 0 Å². The quantitative estimate of drug-likeness (QED) is 0.630. The van der Waals surface area contributed by atoms with Gasteiger partial charge >= 0.3 is 5.97 Å². The summed E-state index contributed by atoms with van der Waals surface area (Å²) in [6.45, 7) is 4.85. The van der Waals surface area contributed by atoms with Crippen molar-refractivity contribution in [3.05, 3.63) is 39.4 Å². The van der Waals surface area contributed by atoms with Gasteiger partial charge in [0.15, 0.2) is 0 Å². The van der Waals surface area contributed by atoms with Crippen molar-refractivity contribution in [3.8, 4) is 0 Å². The number of hydrogen-bond donors (Lipinski definition) is 2. The van der Waals surface area contributed by atoms with Gasteiger partial charge in [-0.1, -0.05) is 26.0 Å². The molecular weight excluding hydrogens is 264 g/mol. The molecule has 7 nitrogen and oxygen atoms in total. The van der Waals surface area contributed by atoms with Crippen molar-refractivity contribution in [1.29, 1.82) is 0 Å². The third kappa shape index (κ3) is 3.31. The van der Waals surface area contributed by atoms with Crippen LogP contribution in [0.2, 0.25) is 0 Å². The molecule has 1 aromatic rings. The van der Waals surface area contributed by atoms with Gasteiger partial charge in [-0.3, -0.25) is 14.9 Å². The van der Waals surface area contributed by atoms with Crippen LogP contribution >= 0.6 is 0 Å². The number of carboxylic acid groups (broad SMARTS) is 1. The average molecular weight is 280 g/mol. The van der Waals surface area contributed by atoms with Crippen LogP contribution in [0.3, 0.4) is 0 Å². The first-order chi connectivity index (χ1) is 9.25. The van der Waals surface area contributed by atoms with E-state index in [2.05, 4.69) is 5.32 Å². The maximum absolute atomic E-state index is 12.1. The van der Waals surface area contributed by atoms with Crippen LogP contribution in [-0.4, -0.2) is 27.9 Å². The lowest BCUT2D eigenvalue weighted by atomic mass is 10.0. The highest BCUT2D eigenvalue weighted by Gasteiger charge is 2.28. The molecule has 1 aromatic carbocycles. The zero-order valence-corrected chi connectivity index (χ0v) is 11.4. The van der Waals surface area contributed by atoms with Gasteiger partial charge in [-0.15, -0.1) is 0 Å². The van der Waals surface area contributed by atoms with Crippen molar-refractivity contribution in [2.45, 2.75) is 26.8 Å². The summed E-state index contributed by atoms with van der Waals surface area (Å²) >= 11 is 0. The minimum Gasteiger partial charge on any atom is -0.480 e. The van der Waals surface area contributed by atoms with Gasteiger partial charge in [-0.05, 0) is 18.4 Å². The monoisotopic (exact) mass is 280 g/mol. The lowest BCUT2D eigenvalue weighted by molar-refractivity contribution is -0.385. The van der Waals surface area contributed by atoms with Gasteiger partial charge in [-0.2, -0.15) is 0 Å². The molecule has 1 unspecified atom stereocenters. The van der Waals surface area contributed by atoms with Gasteiger partial charge < -0.3 is 10.4 Å². The summed E-state index contributed by atoms with van der Waals surface area (Å²) in [5.41, 5.74) is -0.0237. The van der Waals surface area contributed by atoms with E-state index in [1.807, 2.05) is 0 Å². The number of amides is 1. The summed E-state index contributed by atoms with van der Waals surface area (Å²) in [6.07, 6.45) is 0. The van der Waals surface area contributed by atoms with Crippen LogP contribution in [0.25, 0.3) is 0 Å². The summed E-state index contributed by atoms with van der Waals surface area (Å²) in [4.78, 5) is 33.5. The number of nitrogens with one attached hydrogen (secondary N) is 1. The Morgan fingerprint density at radius 3 is 2.40 bits per heavy atom. The molecule has 0 aliphatic heterocycles. The Kier molecular flexibility index (Phi) is 4.79. The molecule has 0 aromatic heterocycles. The minimum absolute atomic E-state index is 0.107. The molecule has 0 aliphatic carbocycles. The first-order valence-electron chi connectivity index (χ1n) is 6.03. The van der Waals surface area contributed by atoms with E-state index in [1.165, 1.54) is 12.1 Å². The molecule has 0 bridgehead atoms. The summed E-state index contributed by atoms with van der Waals surface area (Å²) in [7, 11) is 0. The number of rotatable bonds is 5. The lowest BCUT2D eigenvalue weighted by Crippen LogP contribution is -2.44. The highest BCUT2D eigenvalue weighted by molar-refractivity contribution is 6.01. The van der Waals surface area contributed by atoms with Crippen molar-refractivity contribution < 1.29 is 19.6 Å². The molecule has 0 aliphatic rings. The molecule has 1 rings (SSSR count). The average Bonchev–Trinajstić information content (AvgIpc) is 2.34. The molecule has 0 fully saturated rings. The van der Waals surface area contributed by atoms with Gasteiger partial charge in [0, 0.05) is 6.07 Å². The number of hydrogen-bond acceptors (Lipinski definition) is 4. The van der Waals surface area contributed by atoms with Gasteiger partial charge in [0.25, 0.3) is 11.6 Å². The molecule has 0 heterocycles. The SMILES string of the molecule is Cc1cccc([N+](=O)[O-])c1C(=O)NC(C(=O)O)C(C)C. The predicted molar refractivity (Wildman–Crippen MR) is 71.6 cm³/mol. The van der Waals surface area contributed by atoms with Gasteiger partial charge in [-0.25, -0.2) is 4.79 Å². The third-order valence-corrected chi connectivity index (χ3v) is 2.89. The summed E-state index contributed by atoms with van der Waals surface area (Å²) in [5.74, 6) is -2.26. The number of carboxylic acids is 1. The van der Waals surface area contributed by atoms with Crippen LogP contribution in [0.4, 0.5) is 5.69 Å². The normalized spacial score (nSPS) is 12.0. The van der Waals surface area contributed by atoms with Crippen molar-refractivity contribution >= 4 is 17.6 Å². The summed E-state index contributed by atoms with van der Waals surface area (Å²) in [6, 6.07) is 3.16. The fraction of sp³-hybridized carbons (Fsp3) is 0.385. The molecule has 1 amide bonds. The zero-order valence-electron chi connectivity index (χ0n) is 11.4. The van der Waals surface area contributed by atoms with Crippen molar-refractivity contribution in [3.63, 3.8) is 0 Å². The fourth-order valence-corrected chi connectivity index (χ4v) is 1.83. The number of aliphatic carboxylic acids is 1. The molecular formula is C13H16N2O5. The molecule has 0 spiro atoms. The number of nitrogens with zero attached hydrogens (tertiary/aromatic N) is 1. The number of nitro groups is 1. The molecule has 7 heteroatoms. The van der Waals surface area contributed by atoms with Crippen molar-refractivity contribution in [1.82, 2.24) is 5.32 Å². The number of carbonyl (C=O) groups is 2. The smallest absolute Gasteiger partial charge is 0.326 e. The Balaban J connectivity index is 3.15. The van der Waals surface area contributed by atoms with Gasteiger partial charge in [0.1, 0.15) is 11.6 Å². The van der Waals surface area contributed by atoms with Crippen molar-refractivity contribution in [2.75, 3.05) is 0 Å². The highest BCUT2D eigenvalue weighted by Crippen LogP contribution is 2.22. The summed E-state index contributed by atoms with van der Waals surface area (Å²) < 4.78 is 0. The number of carbonyl (C=O) groups excluding carboxylic acids is 1. The first-order valence-corrected chi connectivity index (χ1v) is 6.03. The molecule has 0 radical (unpaired) electrons. The number of aryl methyl sites for hydroxylation is 1. The minimum atomic E-state index is -1.18. The molecule has 1 atom stereocenters. The second-order valence-corrected chi connectivity index (χ2v) is 4.76. The van der Waals surface area contributed by atoms with E-state index in [9.17, 15) is 19.7 Å². The van der Waals surface area contributed by atoms with Crippen LogP contribution in [0.15, 0.2) is 18.2 Å². The van der Waals surface area contributed by atoms with Crippen LogP contribution in [0, 0.1) is 23.0 Å². The Bertz CT molecular complexity index is 554. The number of nitro benzene ring substituents is 1. The Morgan fingerprint density at radius 2 is 1.95 bits per heavy atom. The predicted octanol–water partition coefficient (Wildman–Crippen LogP) is 1.74. The van der Waals surface area contributed by atoms with E-state index in [0.29, 0.717) is 5.56 Å². The largest absolute Gasteiger partial charge is 0.480 e. The summed E-state index contributed by atoms with van der Waals surface area (Å²) in [5, 5.41) is 22.3. The van der Waals surface area contributed by atoms with E-state index in [4.69, 9.17) is 5.11 Å². The van der Waals surface area contributed by atoms with Crippen molar-refractivity contribution in [2.24, 2.45) is 5.92 Å². The van der Waals surface area contributed by atoms with E-state index in [1.54, 1.807) is 26.8 Å². The lowest BCUT2D eigenvalue weighted by Gasteiger charge is -2.18.